The van der Waals surface area contributed by atoms with E-state index in [0.29, 0.717) is 0 Å². The molecule has 0 aliphatic rings. The van der Waals surface area contributed by atoms with Gasteiger partial charge in [0, 0.05) is 16.8 Å². The second-order valence-electron chi connectivity index (χ2n) is 6.37. The number of benzene rings is 3. The fraction of sp³-hybridized carbons (Fsp3) is 0. The molecule has 13 nitrogen and oxygen atoms in total. The van der Waals surface area contributed by atoms with Gasteiger partial charge in [0.1, 0.15) is 21.2 Å². The Morgan fingerprint density at radius 2 is 1.56 bits per heavy atom. The van der Waals surface area contributed by atoms with Crippen LogP contribution in [0.2, 0.25) is 0 Å². The van der Waals surface area contributed by atoms with Gasteiger partial charge in [0.15, 0.2) is 5.75 Å². The van der Waals surface area contributed by atoms with Crippen LogP contribution < -0.4 is 16.8 Å². The van der Waals surface area contributed by atoms with E-state index in [-0.39, 0.29) is 22.1 Å². The Morgan fingerprint density at radius 1 is 0.906 bits per heavy atom. The number of fused-ring (bicyclic) bond motifs is 1. The lowest BCUT2D eigenvalue weighted by Crippen LogP contribution is -2.19. The molecule has 0 unspecified atom stereocenters. The fourth-order valence-corrected chi connectivity index (χ4v) is 4.06. The quantitative estimate of drug-likeness (QED) is 0.178. The van der Waals surface area contributed by atoms with Gasteiger partial charge in [0.25, 0.3) is 20.2 Å². The van der Waals surface area contributed by atoms with Crippen molar-refractivity contribution in [1.82, 2.24) is 0 Å². The minimum atomic E-state index is -4.95. The van der Waals surface area contributed by atoms with Crippen molar-refractivity contribution in [1.29, 1.82) is 0 Å². The van der Waals surface area contributed by atoms with Crippen LogP contribution in [0.4, 0.5) is 27.5 Å². The normalized spacial score (nSPS) is 12.3. The van der Waals surface area contributed by atoms with E-state index in [1.54, 1.807) is 0 Å². The van der Waals surface area contributed by atoms with E-state index < -0.39 is 53.2 Å². The molecule has 0 radical (unpaired) electrons. The van der Waals surface area contributed by atoms with Gasteiger partial charge in [-0.05, 0) is 47.9 Å². The van der Waals surface area contributed by atoms with Crippen LogP contribution >= 0.6 is 0 Å². The fourth-order valence-electron chi connectivity index (χ4n) is 2.80. The number of nitrogens with two attached hydrogens (primary N) is 2. The molecule has 0 aliphatic carbocycles. The molecular weight excluding hydrogens is 466 g/mol. The Hall–Kier alpha value is -3.79. The zero-order valence-electron chi connectivity index (χ0n) is 15.8. The van der Waals surface area contributed by atoms with E-state index in [9.17, 15) is 35.8 Å². The number of hydrogen-bond donors (Lipinski definition) is 6. The number of rotatable bonds is 5. The summed E-state index contributed by atoms with van der Waals surface area (Å²) in [5.74, 6) is -0.721. The Kier molecular flexibility index (Phi) is 5.75. The first-order valence-corrected chi connectivity index (χ1v) is 11.3. The predicted octanol–water partition coefficient (Wildman–Crippen LogP) is 2.53. The number of amides is 2. The van der Waals surface area contributed by atoms with Gasteiger partial charge >= 0.3 is 6.03 Å². The number of anilines is 2. The number of azo groups is 1. The number of hydrogen-bond acceptors (Lipinski definition) is 9. The van der Waals surface area contributed by atoms with Gasteiger partial charge in [0.2, 0.25) is 0 Å². The number of carbonyl (C=O) groups is 1. The van der Waals surface area contributed by atoms with Crippen molar-refractivity contribution in [2.45, 2.75) is 9.79 Å². The lowest BCUT2D eigenvalue weighted by atomic mass is 10.1. The van der Waals surface area contributed by atoms with Crippen LogP contribution in [-0.4, -0.2) is 37.1 Å². The first-order valence-electron chi connectivity index (χ1n) is 8.40. The lowest BCUT2D eigenvalue weighted by Gasteiger charge is -2.10. The molecule has 0 aliphatic heterocycles. The molecule has 168 valence electrons. The molecule has 0 heterocycles. The Balaban J connectivity index is 2.26. The van der Waals surface area contributed by atoms with E-state index in [2.05, 4.69) is 15.5 Å². The molecule has 3 rings (SSSR count). The van der Waals surface area contributed by atoms with Gasteiger partial charge in [-0.1, -0.05) is 0 Å². The number of carbonyl (C=O) groups excluding carboxylic acids is 1. The second-order valence-corrected chi connectivity index (χ2v) is 9.15. The van der Waals surface area contributed by atoms with Gasteiger partial charge in [-0.25, -0.2) is 4.79 Å². The average Bonchev–Trinajstić information content (AvgIpc) is 2.64. The number of primary amides is 1. The summed E-state index contributed by atoms with van der Waals surface area (Å²) in [6, 6.07) is 7.19. The minimum Gasteiger partial charge on any atom is -0.505 e. The molecule has 15 heteroatoms. The number of nitrogens with zero attached hydrogens (tertiary/aromatic N) is 2. The molecule has 8 N–H and O–H groups in total. The van der Waals surface area contributed by atoms with Crippen LogP contribution in [0.1, 0.15) is 0 Å². The predicted molar refractivity (Wildman–Crippen MR) is 113 cm³/mol. The molecule has 0 aromatic heterocycles. The third-order valence-electron chi connectivity index (χ3n) is 4.12. The monoisotopic (exact) mass is 481 g/mol. The van der Waals surface area contributed by atoms with E-state index in [1.807, 2.05) is 0 Å². The molecule has 0 saturated heterocycles. The average molecular weight is 481 g/mol. The van der Waals surface area contributed by atoms with Gasteiger partial charge in [-0.2, -0.15) is 16.8 Å². The van der Waals surface area contributed by atoms with Crippen molar-refractivity contribution in [3.05, 3.63) is 42.5 Å². The highest BCUT2D eigenvalue weighted by atomic mass is 32.2. The number of aromatic hydroxyl groups is 1. The molecule has 0 bridgehead atoms. The van der Waals surface area contributed by atoms with Crippen molar-refractivity contribution in [3.8, 4) is 5.75 Å². The molecule has 0 saturated carbocycles. The van der Waals surface area contributed by atoms with Crippen molar-refractivity contribution in [2.24, 2.45) is 16.0 Å². The lowest BCUT2D eigenvalue weighted by molar-refractivity contribution is 0.259. The third-order valence-corrected chi connectivity index (χ3v) is 5.88. The molecule has 2 amide bonds. The first kappa shape index (κ1) is 22.9. The van der Waals surface area contributed by atoms with Crippen LogP contribution in [-0.2, 0) is 20.2 Å². The van der Waals surface area contributed by atoms with Crippen molar-refractivity contribution in [2.75, 3.05) is 11.1 Å². The summed E-state index contributed by atoms with van der Waals surface area (Å²) >= 11 is 0. The number of phenols is 1. The largest absolute Gasteiger partial charge is 0.505 e. The molecular formula is C17H15N5O8S2. The van der Waals surface area contributed by atoms with E-state index >= 15 is 0 Å². The molecule has 0 fully saturated rings. The smallest absolute Gasteiger partial charge is 0.316 e. The van der Waals surface area contributed by atoms with Crippen LogP contribution in [0.3, 0.4) is 0 Å². The maximum Gasteiger partial charge on any atom is 0.316 e. The molecule has 0 spiro atoms. The van der Waals surface area contributed by atoms with Crippen molar-refractivity contribution < 1.29 is 35.8 Å². The number of nitrogens with one attached hydrogen (secondary N) is 1. The van der Waals surface area contributed by atoms with Crippen LogP contribution in [0.25, 0.3) is 10.8 Å². The maximum atomic E-state index is 11.9. The van der Waals surface area contributed by atoms with Gasteiger partial charge < -0.3 is 21.9 Å². The molecule has 0 atom stereocenters. The standard InChI is InChI=1S/C17H15N5O8S2/c18-9-1-4-13(31(25,26)27)12(7-9)21-22-15-14(32(28,29)30)6-8-5-10(20-17(19)24)2-3-11(8)16(15)23/h1-7,23H,18H2,(H3,19,20,24)(H,25,26,27)(H,28,29,30). The zero-order chi connectivity index (χ0) is 23.8. The van der Waals surface area contributed by atoms with E-state index in [1.165, 1.54) is 24.3 Å². The SMILES string of the molecule is NC(=O)Nc1ccc2c(O)c(N=Nc3cc(N)ccc3S(=O)(=O)O)c(S(=O)(=O)O)cc2c1. The Bertz CT molecular complexity index is 1500. The summed E-state index contributed by atoms with van der Waals surface area (Å²) in [6.45, 7) is 0. The summed E-state index contributed by atoms with van der Waals surface area (Å²) < 4.78 is 65.8. The topological polar surface area (TPSA) is 235 Å². The summed E-state index contributed by atoms with van der Waals surface area (Å²) in [6.07, 6.45) is 0. The summed E-state index contributed by atoms with van der Waals surface area (Å²) in [4.78, 5) is 9.49. The highest BCUT2D eigenvalue weighted by Crippen LogP contribution is 2.42. The molecule has 3 aromatic rings. The summed E-state index contributed by atoms with van der Waals surface area (Å²) in [5, 5.41) is 20.2. The Labute approximate surface area is 180 Å². The summed E-state index contributed by atoms with van der Waals surface area (Å²) in [5.41, 5.74) is 9.70. The highest BCUT2D eigenvalue weighted by molar-refractivity contribution is 7.86. The van der Waals surface area contributed by atoms with E-state index in [4.69, 9.17) is 11.5 Å². The van der Waals surface area contributed by atoms with Gasteiger partial charge in [-0.15, -0.1) is 10.2 Å². The highest BCUT2D eigenvalue weighted by Gasteiger charge is 2.23. The van der Waals surface area contributed by atoms with Crippen LogP contribution in [0.15, 0.2) is 62.5 Å². The summed E-state index contributed by atoms with van der Waals surface area (Å²) in [7, 11) is -9.69. The number of nitrogen functional groups attached to an aromatic ring is 1. The Morgan fingerprint density at radius 3 is 2.16 bits per heavy atom. The number of phenolic OH excluding ortho intramolecular Hbond substituents is 1. The van der Waals surface area contributed by atoms with Crippen LogP contribution in [0.5, 0.6) is 5.75 Å². The van der Waals surface area contributed by atoms with Crippen LogP contribution in [0, 0.1) is 0 Å². The zero-order valence-corrected chi connectivity index (χ0v) is 17.4. The van der Waals surface area contributed by atoms with Gasteiger partial charge in [-0.3, -0.25) is 9.11 Å². The number of urea groups is 1. The third kappa shape index (κ3) is 4.75. The van der Waals surface area contributed by atoms with Crippen molar-refractivity contribution >= 4 is 59.8 Å². The van der Waals surface area contributed by atoms with Gasteiger partial charge in [0.05, 0.1) is 0 Å². The molecule has 32 heavy (non-hydrogen) atoms. The first-order chi connectivity index (χ1) is 14.8. The molecule has 3 aromatic carbocycles. The van der Waals surface area contributed by atoms with E-state index in [0.717, 1.165) is 18.2 Å². The minimum absolute atomic E-state index is 0.0542. The van der Waals surface area contributed by atoms with Crippen molar-refractivity contribution in [3.63, 3.8) is 0 Å². The second kappa shape index (κ2) is 8.04. The maximum absolute atomic E-state index is 11.9.